The van der Waals surface area contributed by atoms with Crippen molar-refractivity contribution in [2.75, 3.05) is 32.9 Å². The number of aryl methyl sites for hydroxylation is 2. The number of aromatic hydroxyl groups is 1. The van der Waals surface area contributed by atoms with Gasteiger partial charge >= 0.3 is 0 Å². The number of phenolic OH excluding ortho intramolecular Hbond substituents is 1. The maximum absolute atomic E-state index is 12.5. The normalized spacial score (nSPS) is 17.4. The van der Waals surface area contributed by atoms with E-state index in [1.807, 2.05) is 32.0 Å². The summed E-state index contributed by atoms with van der Waals surface area (Å²) in [6.07, 6.45) is 4.49. The number of likely N-dealkylation sites (tertiary alicyclic amines) is 1. The molecule has 1 atom stereocenters. The van der Waals surface area contributed by atoms with Gasteiger partial charge in [-0.25, -0.2) is 4.98 Å². The first-order valence-corrected chi connectivity index (χ1v) is 13.8. The van der Waals surface area contributed by atoms with Gasteiger partial charge < -0.3 is 14.6 Å². The van der Waals surface area contributed by atoms with Crippen LogP contribution in [0.25, 0.3) is 11.1 Å². The van der Waals surface area contributed by atoms with Crippen molar-refractivity contribution in [3.05, 3.63) is 82.5 Å². The summed E-state index contributed by atoms with van der Waals surface area (Å²) in [4.78, 5) is 7.00. The lowest BCUT2D eigenvalue weighted by Gasteiger charge is -2.19. The zero-order valence-electron chi connectivity index (χ0n) is 22.4. The van der Waals surface area contributed by atoms with Gasteiger partial charge in [-0.05, 0) is 110 Å². The van der Waals surface area contributed by atoms with Crippen LogP contribution in [0, 0.1) is 6.92 Å². The molecule has 0 saturated carbocycles. The van der Waals surface area contributed by atoms with Crippen LogP contribution in [0.4, 0.5) is 4.39 Å². The number of hydrogen-bond donors (Lipinski definition) is 1. The quantitative estimate of drug-likeness (QED) is 0.315. The summed E-state index contributed by atoms with van der Waals surface area (Å²) < 4.78 is 24.5. The molecule has 0 radical (unpaired) electrons. The standard InChI is InChI=1S/C32H37FN2O3.CH4/c1-3-37-31-15-14-28(22(2)34-31)30-7-4-6-24-20-25(36)10-13-29(24)32(30)23-8-11-26(12-9-23)38-27-16-19-35(21-27)18-5-17-33;/h8-15,20,27,36H,3-7,16-19,21H2,1-2H3;1H4/t27-;/m0./s1. The molecule has 1 aliphatic carbocycles. The smallest absolute Gasteiger partial charge is 0.213 e. The number of fused-ring (bicyclic) bond motifs is 1. The van der Waals surface area contributed by atoms with Gasteiger partial charge in [0, 0.05) is 31.4 Å². The van der Waals surface area contributed by atoms with Crippen LogP contribution in [0.15, 0.2) is 54.6 Å². The number of pyridine rings is 1. The zero-order chi connectivity index (χ0) is 26.5. The van der Waals surface area contributed by atoms with E-state index in [-0.39, 0.29) is 20.2 Å². The SMILES string of the molecule is C.CCOc1ccc(C2=C(c3ccc(O[C@H]4CCN(CCCF)C4)cc3)c3ccc(O)cc3CCC2)c(C)n1. The lowest BCUT2D eigenvalue weighted by molar-refractivity contribution is 0.198. The van der Waals surface area contributed by atoms with E-state index in [1.54, 1.807) is 6.07 Å². The van der Waals surface area contributed by atoms with Crippen molar-refractivity contribution in [2.24, 2.45) is 0 Å². The maximum atomic E-state index is 12.5. The Morgan fingerprint density at radius 2 is 1.85 bits per heavy atom. The third-order valence-corrected chi connectivity index (χ3v) is 7.49. The Labute approximate surface area is 232 Å². The Balaban J connectivity index is 0.00000353. The van der Waals surface area contributed by atoms with Crippen molar-refractivity contribution in [2.45, 2.75) is 59.5 Å². The van der Waals surface area contributed by atoms with Gasteiger partial charge in [-0.2, -0.15) is 0 Å². The number of ether oxygens (including phenoxy) is 2. The fraction of sp³-hybridized carbons (Fsp3) is 0.424. The van der Waals surface area contributed by atoms with Crippen LogP contribution in [-0.4, -0.2) is 54.0 Å². The highest BCUT2D eigenvalue weighted by Gasteiger charge is 2.25. The summed E-state index contributed by atoms with van der Waals surface area (Å²) >= 11 is 0. The Hall–Kier alpha value is -3.38. The number of phenols is 1. The molecule has 0 amide bonds. The number of halogens is 1. The van der Waals surface area contributed by atoms with Crippen LogP contribution in [-0.2, 0) is 6.42 Å². The molecule has 2 heterocycles. The Kier molecular flexibility index (Phi) is 9.63. The lowest BCUT2D eigenvalue weighted by atomic mass is 9.87. The van der Waals surface area contributed by atoms with E-state index in [4.69, 9.17) is 14.5 Å². The number of benzene rings is 2. The first-order valence-electron chi connectivity index (χ1n) is 13.8. The average molecular weight is 533 g/mol. The molecule has 3 aromatic rings. The topological polar surface area (TPSA) is 54.8 Å². The summed E-state index contributed by atoms with van der Waals surface area (Å²) in [6.45, 7) is 6.92. The molecule has 39 heavy (non-hydrogen) atoms. The van der Waals surface area contributed by atoms with Gasteiger partial charge in [0.1, 0.15) is 17.6 Å². The van der Waals surface area contributed by atoms with E-state index >= 15 is 0 Å². The molecule has 6 heteroatoms. The predicted molar refractivity (Wildman–Crippen MR) is 156 cm³/mol. The number of alkyl halides is 1. The molecule has 5 nitrogen and oxygen atoms in total. The number of nitrogens with zero attached hydrogens (tertiary/aromatic N) is 2. The van der Waals surface area contributed by atoms with Gasteiger partial charge in [0.2, 0.25) is 5.88 Å². The minimum atomic E-state index is -0.268. The third-order valence-electron chi connectivity index (χ3n) is 7.49. The lowest BCUT2D eigenvalue weighted by Crippen LogP contribution is -2.26. The second-order valence-corrected chi connectivity index (χ2v) is 10.2. The summed E-state index contributed by atoms with van der Waals surface area (Å²) in [5.41, 5.74) is 7.94. The fourth-order valence-corrected chi connectivity index (χ4v) is 5.73. The fourth-order valence-electron chi connectivity index (χ4n) is 5.73. The van der Waals surface area contributed by atoms with Gasteiger partial charge in [-0.15, -0.1) is 0 Å². The molecule has 0 unspecified atom stereocenters. The molecule has 208 valence electrons. The zero-order valence-corrected chi connectivity index (χ0v) is 22.4. The molecule has 5 rings (SSSR count). The third kappa shape index (κ3) is 6.62. The van der Waals surface area contributed by atoms with E-state index in [0.717, 1.165) is 79.0 Å². The van der Waals surface area contributed by atoms with Crippen LogP contribution in [0.5, 0.6) is 17.4 Å². The van der Waals surface area contributed by atoms with Gasteiger partial charge in [-0.1, -0.05) is 25.6 Å². The van der Waals surface area contributed by atoms with E-state index in [1.165, 1.54) is 11.1 Å². The molecule has 1 saturated heterocycles. The monoisotopic (exact) mass is 532 g/mol. The largest absolute Gasteiger partial charge is 0.508 e. The van der Waals surface area contributed by atoms with Crippen molar-refractivity contribution >= 4 is 11.1 Å². The highest BCUT2D eigenvalue weighted by atomic mass is 19.1. The van der Waals surface area contributed by atoms with Crippen LogP contribution < -0.4 is 9.47 Å². The highest BCUT2D eigenvalue weighted by Crippen LogP contribution is 2.42. The first-order chi connectivity index (χ1) is 18.6. The minimum absolute atomic E-state index is 0. The summed E-state index contributed by atoms with van der Waals surface area (Å²) in [6, 6.07) is 18.2. The number of aromatic nitrogens is 1. The molecule has 1 N–H and O–H groups in total. The van der Waals surface area contributed by atoms with Gasteiger partial charge in [0.05, 0.1) is 13.3 Å². The molecule has 0 bridgehead atoms. The van der Waals surface area contributed by atoms with E-state index in [2.05, 4.69) is 35.2 Å². The van der Waals surface area contributed by atoms with E-state index in [0.29, 0.717) is 24.7 Å². The maximum Gasteiger partial charge on any atom is 0.213 e. The van der Waals surface area contributed by atoms with E-state index < -0.39 is 0 Å². The van der Waals surface area contributed by atoms with Crippen LogP contribution in [0.1, 0.15) is 68.0 Å². The Morgan fingerprint density at radius 1 is 1.05 bits per heavy atom. The van der Waals surface area contributed by atoms with Crippen molar-refractivity contribution in [1.29, 1.82) is 0 Å². The molecule has 1 aromatic heterocycles. The van der Waals surface area contributed by atoms with Crippen molar-refractivity contribution in [1.82, 2.24) is 9.88 Å². The number of allylic oxidation sites excluding steroid dienone is 1. The molecular formula is C33H41FN2O3. The molecule has 1 fully saturated rings. The van der Waals surface area contributed by atoms with Crippen LogP contribution >= 0.6 is 0 Å². The Morgan fingerprint density at radius 3 is 2.59 bits per heavy atom. The van der Waals surface area contributed by atoms with Crippen LogP contribution in [0.3, 0.4) is 0 Å². The summed E-state index contributed by atoms with van der Waals surface area (Å²) in [7, 11) is 0. The van der Waals surface area contributed by atoms with Crippen molar-refractivity contribution in [3.8, 4) is 17.4 Å². The van der Waals surface area contributed by atoms with Crippen LogP contribution in [0.2, 0.25) is 0 Å². The average Bonchev–Trinajstić information content (AvgIpc) is 3.27. The van der Waals surface area contributed by atoms with Gasteiger partial charge in [-0.3, -0.25) is 9.29 Å². The minimum Gasteiger partial charge on any atom is -0.508 e. The van der Waals surface area contributed by atoms with Gasteiger partial charge in [0.15, 0.2) is 0 Å². The van der Waals surface area contributed by atoms with Crippen molar-refractivity contribution in [3.63, 3.8) is 0 Å². The molecular weight excluding hydrogens is 491 g/mol. The predicted octanol–water partition coefficient (Wildman–Crippen LogP) is 7.24. The van der Waals surface area contributed by atoms with Gasteiger partial charge in [0.25, 0.3) is 0 Å². The molecule has 2 aromatic carbocycles. The number of rotatable bonds is 9. The van der Waals surface area contributed by atoms with E-state index in [9.17, 15) is 9.50 Å². The summed E-state index contributed by atoms with van der Waals surface area (Å²) in [5.74, 6) is 1.80. The molecule has 1 aliphatic heterocycles. The second kappa shape index (κ2) is 13.1. The van der Waals surface area contributed by atoms with Crippen molar-refractivity contribution < 1.29 is 19.0 Å². The Bertz CT molecular complexity index is 1290. The first kappa shape index (κ1) is 28.6. The highest BCUT2D eigenvalue weighted by molar-refractivity contribution is 6.00. The molecule has 0 spiro atoms. The number of hydrogen-bond acceptors (Lipinski definition) is 5. The second-order valence-electron chi connectivity index (χ2n) is 10.2. The summed E-state index contributed by atoms with van der Waals surface area (Å²) in [5, 5.41) is 10.2. The molecule has 2 aliphatic rings.